The van der Waals surface area contributed by atoms with Crippen molar-refractivity contribution < 1.29 is 18.0 Å². The molecule has 0 aliphatic carbocycles. The van der Waals surface area contributed by atoms with E-state index >= 15 is 0 Å². The van der Waals surface area contributed by atoms with Gasteiger partial charge in [0.1, 0.15) is 0 Å². The number of halogens is 3. The number of hydrogen-bond acceptors (Lipinski definition) is 3. The molecule has 0 saturated heterocycles. The number of hydrogen-bond donors (Lipinski definition) is 1. The van der Waals surface area contributed by atoms with E-state index in [1.807, 2.05) is 0 Å². The maximum absolute atomic E-state index is 13.0. The molecule has 0 amide bonds. The summed E-state index contributed by atoms with van der Waals surface area (Å²) in [4.78, 5) is 26.4. The fourth-order valence-corrected chi connectivity index (χ4v) is 2.76. The molecule has 0 bridgehead atoms. The second kappa shape index (κ2) is 6.39. The fraction of sp³-hybridized carbons (Fsp3) is 0.294. The van der Waals surface area contributed by atoms with Crippen molar-refractivity contribution in [3.63, 3.8) is 0 Å². The summed E-state index contributed by atoms with van der Waals surface area (Å²) in [6, 6.07) is 5.02. The third-order valence-electron chi connectivity index (χ3n) is 3.23. The van der Waals surface area contributed by atoms with Crippen LogP contribution in [-0.4, -0.2) is 10.8 Å². The SMILES string of the molecule is CC(C)(C)C(=O)/C=c1\[nH]c(=O)/c(=C\c2ccccc2C(F)(F)F)s1. The first-order chi connectivity index (χ1) is 11.0. The van der Waals surface area contributed by atoms with Crippen molar-refractivity contribution in [1.82, 2.24) is 4.98 Å². The summed E-state index contributed by atoms with van der Waals surface area (Å²) < 4.78 is 39.4. The van der Waals surface area contributed by atoms with Crippen LogP contribution in [0.5, 0.6) is 0 Å². The monoisotopic (exact) mass is 355 g/mol. The zero-order valence-electron chi connectivity index (χ0n) is 13.3. The van der Waals surface area contributed by atoms with E-state index in [4.69, 9.17) is 0 Å². The van der Waals surface area contributed by atoms with E-state index in [-0.39, 0.29) is 15.9 Å². The van der Waals surface area contributed by atoms with Crippen LogP contribution in [-0.2, 0) is 11.0 Å². The van der Waals surface area contributed by atoms with Gasteiger partial charge in [0.05, 0.1) is 14.8 Å². The number of carbonyl (C=O) groups is 1. The minimum Gasteiger partial charge on any atom is -0.313 e. The Kier molecular flexibility index (Phi) is 4.85. The van der Waals surface area contributed by atoms with E-state index in [0.29, 0.717) is 4.66 Å². The maximum atomic E-state index is 13.0. The van der Waals surface area contributed by atoms with Gasteiger partial charge in [-0.15, -0.1) is 11.3 Å². The Bertz CT molecular complexity index is 930. The normalized spacial score (nSPS) is 14.2. The lowest BCUT2D eigenvalue weighted by atomic mass is 9.91. The zero-order valence-corrected chi connectivity index (χ0v) is 14.1. The summed E-state index contributed by atoms with van der Waals surface area (Å²) in [5.74, 6) is -0.178. The highest BCUT2D eigenvalue weighted by molar-refractivity contribution is 7.07. The molecular formula is C17H16F3NO2S. The molecule has 7 heteroatoms. The van der Waals surface area contributed by atoms with Crippen LogP contribution in [0.15, 0.2) is 29.1 Å². The van der Waals surface area contributed by atoms with E-state index in [2.05, 4.69) is 4.98 Å². The summed E-state index contributed by atoms with van der Waals surface area (Å²) in [6.07, 6.45) is -2.02. The largest absolute Gasteiger partial charge is 0.416 e. The first kappa shape index (κ1) is 18.2. The van der Waals surface area contributed by atoms with E-state index in [1.165, 1.54) is 30.4 Å². The molecular weight excluding hydrogens is 339 g/mol. The molecule has 3 nitrogen and oxygen atoms in total. The predicted octanol–water partition coefficient (Wildman–Crippen LogP) is 2.68. The van der Waals surface area contributed by atoms with E-state index in [1.54, 1.807) is 20.8 Å². The molecule has 2 aromatic rings. The van der Waals surface area contributed by atoms with Crippen molar-refractivity contribution in [3.8, 4) is 0 Å². The average molecular weight is 355 g/mol. The lowest BCUT2D eigenvalue weighted by molar-refractivity contribution is -0.137. The molecule has 0 radical (unpaired) electrons. The number of H-pyrrole nitrogens is 1. The first-order valence-electron chi connectivity index (χ1n) is 7.12. The number of rotatable bonds is 2. The topological polar surface area (TPSA) is 49.9 Å². The quantitative estimate of drug-likeness (QED) is 0.900. The number of nitrogens with one attached hydrogen (secondary N) is 1. The Balaban J connectivity index is 2.57. The molecule has 1 aromatic carbocycles. The Morgan fingerprint density at radius 1 is 1.17 bits per heavy atom. The summed E-state index contributed by atoms with van der Waals surface area (Å²) in [5, 5.41) is 0. The summed E-state index contributed by atoms with van der Waals surface area (Å²) in [5.41, 5.74) is -2.03. The fourth-order valence-electron chi connectivity index (χ4n) is 1.88. The highest BCUT2D eigenvalue weighted by Crippen LogP contribution is 2.32. The van der Waals surface area contributed by atoms with Gasteiger partial charge in [0.2, 0.25) is 0 Å². The molecule has 1 N–H and O–H groups in total. The van der Waals surface area contributed by atoms with E-state index in [0.717, 1.165) is 17.4 Å². The summed E-state index contributed by atoms with van der Waals surface area (Å²) in [7, 11) is 0. The van der Waals surface area contributed by atoms with Crippen LogP contribution in [0.2, 0.25) is 0 Å². The molecule has 0 unspecified atom stereocenters. The Hall–Kier alpha value is -2.15. The number of alkyl halides is 3. The molecule has 0 spiro atoms. The molecule has 2 rings (SSSR count). The van der Waals surface area contributed by atoms with Crippen LogP contribution in [0.3, 0.4) is 0 Å². The van der Waals surface area contributed by atoms with Gasteiger partial charge < -0.3 is 4.98 Å². The number of Topliss-reactive ketones (excluding diaryl/α,β-unsaturated/α-hetero) is 1. The number of benzene rings is 1. The number of ketones is 1. The number of thiazole rings is 1. The third-order valence-corrected chi connectivity index (χ3v) is 4.20. The van der Waals surface area contributed by atoms with E-state index < -0.39 is 22.7 Å². The van der Waals surface area contributed by atoms with E-state index in [9.17, 15) is 22.8 Å². The molecule has 128 valence electrons. The van der Waals surface area contributed by atoms with Crippen LogP contribution >= 0.6 is 11.3 Å². The molecule has 0 saturated carbocycles. The minimum absolute atomic E-state index is 0.0916. The van der Waals surface area contributed by atoms with Gasteiger partial charge in [-0.25, -0.2) is 0 Å². The van der Waals surface area contributed by atoms with Gasteiger partial charge >= 0.3 is 6.18 Å². The van der Waals surface area contributed by atoms with Gasteiger partial charge in [-0.1, -0.05) is 39.0 Å². The first-order valence-corrected chi connectivity index (χ1v) is 7.93. The van der Waals surface area contributed by atoms with Gasteiger partial charge in [0, 0.05) is 11.5 Å². The lowest BCUT2D eigenvalue weighted by Gasteiger charge is -2.12. The molecule has 0 atom stereocenters. The molecule has 24 heavy (non-hydrogen) atoms. The lowest BCUT2D eigenvalue weighted by Crippen LogP contribution is -2.22. The second-order valence-electron chi connectivity index (χ2n) is 6.27. The van der Waals surface area contributed by atoms with Crippen LogP contribution in [0.1, 0.15) is 31.9 Å². The highest BCUT2D eigenvalue weighted by atomic mass is 32.1. The molecule has 1 heterocycles. The molecule has 0 aliphatic rings. The smallest absolute Gasteiger partial charge is 0.313 e. The summed E-state index contributed by atoms with van der Waals surface area (Å²) >= 11 is 0.951. The van der Waals surface area contributed by atoms with Crippen LogP contribution < -0.4 is 14.8 Å². The Morgan fingerprint density at radius 2 is 1.79 bits per heavy atom. The maximum Gasteiger partial charge on any atom is 0.416 e. The van der Waals surface area contributed by atoms with Gasteiger partial charge in [-0.3, -0.25) is 9.59 Å². The summed E-state index contributed by atoms with van der Waals surface area (Å²) in [6.45, 7) is 5.22. The van der Waals surface area contributed by atoms with Crippen molar-refractivity contribution >= 4 is 29.3 Å². The van der Waals surface area contributed by atoms with Gasteiger partial charge in [0.15, 0.2) is 5.78 Å². The predicted molar refractivity (Wildman–Crippen MR) is 88.1 cm³/mol. The van der Waals surface area contributed by atoms with Crippen molar-refractivity contribution in [2.75, 3.05) is 0 Å². The number of aromatic nitrogens is 1. The number of aromatic amines is 1. The van der Waals surface area contributed by atoms with Crippen molar-refractivity contribution in [2.24, 2.45) is 5.41 Å². The highest BCUT2D eigenvalue weighted by Gasteiger charge is 2.32. The van der Waals surface area contributed by atoms with Gasteiger partial charge in [-0.05, 0) is 17.7 Å². The van der Waals surface area contributed by atoms with Gasteiger partial charge in [0.25, 0.3) is 5.56 Å². The molecule has 0 fully saturated rings. The van der Waals surface area contributed by atoms with Crippen LogP contribution in [0.4, 0.5) is 13.2 Å². The number of carbonyl (C=O) groups excluding carboxylic acids is 1. The Labute approximate surface area is 140 Å². The average Bonchev–Trinajstić information content (AvgIpc) is 2.77. The van der Waals surface area contributed by atoms with Gasteiger partial charge in [-0.2, -0.15) is 13.2 Å². The molecule has 1 aromatic heterocycles. The minimum atomic E-state index is -4.51. The van der Waals surface area contributed by atoms with Crippen molar-refractivity contribution in [1.29, 1.82) is 0 Å². The van der Waals surface area contributed by atoms with Crippen molar-refractivity contribution in [3.05, 3.63) is 54.9 Å². The standard InChI is InChI=1S/C17H16F3NO2S/c1-16(2,3)13(22)9-14-21-15(23)12(24-14)8-10-6-4-5-7-11(10)17(18,19)20/h4-9H,1-3H3,(H,21,23)/b12-8+,14-9+. The zero-order chi connectivity index (χ0) is 18.1. The second-order valence-corrected chi connectivity index (χ2v) is 7.36. The Morgan fingerprint density at radius 3 is 2.38 bits per heavy atom. The van der Waals surface area contributed by atoms with Crippen molar-refractivity contribution in [2.45, 2.75) is 26.9 Å². The molecule has 0 aliphatic heterocycles. The third kappa shape index (κ3) is 4.23. The van der Waals surface area contributed by atoms with Crippen LogP contribution in [0, 0.1) is 5.41 Å². The van der Waals surface area contributed by atoms with Crippen LogP contribution in [0.25, 0.3) is 12.2 Å².